The van der Waals surface area contributed by atoms with Gasteiger partial charge < -0.3 is 15.2 Å². The van der Waals surface area contributed by atoms with E-state index in [1.165, 1.54) is 7.11 Å². The number of rotatable bonds is 4. The second-order valence-corrected chi connectivity index (χ2v) is 3.06. The number of carbonyl (C=O) groups excluding carboxylic acids is 1. The molecule has 1 heterocycles. The smallest absolute Gasteiger partial charge is 0.356 e. The number of halogens is 2. The maximum absolute atomic E-state index is 12.9. The Hall–Kier alpha value is -1.76. The molecule has 1 rings (SSSR count). The first kappa shape index (κ1) is 13.3. The number of nitrogens with zero attached hydrogens (tertiary/aromatic N) is 1. The van der Waals surface area contributed by atoms with E-state index < -0.39 is 18.0 Å². The summed E-state index contributed by atoms with van der Waals surface area (Å²) < 4.78 is 35.0. The van der Waals surface area contributed by atoms with E-state index >= 15 is 0 Å². The van der Waals surface area contributed by atoms with Crippen molar-refractivity contribution in [3.8, 4) is 5.75 Å². The number of aromatic nitrogens is 1. The van der Waals surface area contributed by atoms with Crippen molar-refractivity contribution in [2.45, 2.75) is 13.0 Å². The quantitative estimate of drug-likeness (QED) is 0.810. The highest BCUT2D eigenvalue weighted by Crippen LogP contribution is 2.32. The number of nitrogens with two attached hydrogens (primary N) is 1. The predicted octanol–water partition coefficient (Wildman–Crippen LogP) is 1.27. The van der Waals surface area contributed by atoms with Crippen LogP contribution in [0.25, 0.3) is 0 Å². The van der Waals surface area contributed by atoms with E-state index in [2.05, 4.69) is 9.72 Å². The van der Waals surface area contributed by atoms with Gasteiger partial charge >= 0.3 is 5.97 Å². The Bertz CT molecular complexity index is 424. The highest BCUT2D eigenvalue weighted by Gasteiger charge is 2.25. The first-order valence-corrected chi connectivity index (χ1v) is 4.69. The molecule has 0 aromatic carbocycles. The SMILES string of the molecule is COC(=O)c1ncc(OC)c(C(F)F)c1CN. The molecule has 0 fully saturated rings. The minimum atomic E-state index is -2.81. The van der Waals surface area contributed by atoms with E-state index in [0.717, 1.165) is 13.3 Å². The van der Waals surface area contributed by atoms with E-state index in [-0.39, 0.29) is 23.6 Å². The first-order chi connectivity index (χ1) is 8.06. The Balaban J connectivity index is 3.46. The van der Waals surface area contributed by atoms with Crippen LogP contribution in [0.5, 0.6) is 5.75 Å². The molecule has 0 saturated carbocycles. The van der Waals surface area contributed by atoms with Crippen LogP contribution in [-0.4, -0.2) is 25.2 Å². The van der Waals surface area contributed by atoms with Crippen molar-refractivity contribution in [3.05, 3.63) is 23.0 Å². The lowest BCUT2D eigenvalue weighted by Gasteiger charge is -2.14. The molecule has 0 bridgehead atoms. The molecule has 0 aliphatic rings. The zero-order valence-electron chi connectivity index (χ0n) is 9.37. The number of esters is 1. The van der Waals surface area contributed by atoms with Gasteiger partial charge in [0.1, 0.15) is 5.75 Å². The Kier molecular flexibility index (Phi) is 4.33. The molecular weight excluding hydrogens is 234 g/mol. The van der Waals surface area contributed by atoms with Crippen LogP contribution in [0, 0.1) is 0 Å². The van der Waals surface area contributed by atoms with Crippen LogP contribution in [0.4, 0.5) is 8.78 Å². The van der Waals surface area contributed by atoms with Crippen molar-refractivity contribution in [2.75, 3.05) is 14.2 Å². The molecule has 7 heteroatoms. The van der Waals surface area contributed by atoms with Gasteiger partial charge in [0.2, 0.25) is 0 Å². The van der Waals surface area contributed by atoms with Crippen molar-refractivity contribution in [1.29, 1.82) is 0 Å². The first-order valence-electron chi connectivity index (χ1n) is 4.69. The summed E-state index contributed by atoms with van der Waals surface area (Å²) in [5, 5.41) is 0. The Labute approximate surface area is 96.5 Å². The molecule has 0 saturated heterocycles. The van der Waals surface area contributed by atoms with E-state index in [9.17, 15) is 13.6 Å². The zero-order valence-corrected chi connectivity index (χ0v) is 9.37. The van der Waals surface area contributed by atoms with Gasteiger partial charge in [-0.1, -0.05) is 0 Å². The van der Waals surface area contributed by atoms with Gasteiger partial charge in [-0.2, -0.15) is 0 Å². The minimum Gasteiger partial charge on any atom is -0.495 e. The number of ether oxygens (including phenoxy) is 2. The number of carbonyl (C=O) groups is 1. The summed E-state index contributed by atoms with van der Waals surface area (Å²) in [6, 6.07) is 0. The molecule has 0 amide bonds. The van der Waals surface area contributed by atoms with E-state index in [1.807, 2.05) is 0 Å². The summed E-state index contributed by atoms with van der Waals surface area (Å²) in [7, 11) is 2.37. The molecule has 94 valence electrons. The molecule has 0 atom stereocenters. The second-order valence-electron chi connectivity index (χ2n) is 3.06. The second kappa shape index (κ2) is 5.53. The summed E-state index contributed by atoms with van der Waals surface area (Å²) in [6.45, 7) is -0.256. The van der Waals surface area contributed by atoms with Crippen molar-refractivity contribution in [2.24, 2.45) is 5.73 Å². The molecule has 5 nitrogen and oxygen atoms in total. The highest BCUT2D eigenvalue weighted by atomic mass is 19.3. The van der Waals surface area contributed by atoms with Gasteiger partial charge in [-0.25, -0.2) is 18.6 Å². The van der Waals surface area contributed by atoms with Crippen molar-refractivity contribution < 1.29 is 23.0 Å². The zero-order chi connectivity index (χ0) is 13.0. The maximum Gasteiger partial charge on any atom is 0.356 e. The summed E-state index contributed by atoms with van der Waals surface area (Å²) in [6.07, 6.45) is -1.76. The van der Waals surface area contributed by atoms with Gasteiger partial charge in [0.15, 0.2) is 5.69 Å². The molecule has 0 aliphatic heterocycles. The molecule has 0 unspecified atom stereocenters. The minimum absolute atomic E-state index is 0.0637. The third-order valence-electron chi connectivity index (χ3n) is 2.21. The summed E-state index contributed by atoms with van der Waals surface area (Å²) >= 11 is 0. The normalized spacial score (nSPS) is 10.5. The summed E-state index contributed by atoms with van der Waals surface area (Å²) in [5.74, 6) is -0.914. The fourth-order valence-electron chi connectivity index (χ4n) is 1.43. The van der Waals surface area contributed by atoms with Crippen LogP contribution in [0.15, 0.2) is 6.20 Å². The lowest BCUT2D eigenvalue weighted by atomic mass is 10.1. The number of pyridine rings is 1. The molecular formula is C10H12F2N2O3. The number of hydrogen-bond acceptors (Lipinski definition) is 5. The molecule has 17 heavy (non-hydrogen) atoms. The number of hydrogen-bond donors (Lipinski definition) is 1. The van der Waals surface area contributed by atoms with Crippen molar-refractivity contribution >= 4 is 5.97 Å². The topological polar surface area (TPSA) is 74.4 Å². The predicted molar refractivity (Wildman–Crippen MR) is 55.0 cm³/mol. The van der Waals surface area contributed by atoms with Gasteiger partial charge in [0.05, 0.1) is 26.0 Å². The van der Waals surface area contributed by atoms with Crippen LogP contribution in [0.3, 0.4) is 0 Å². The lowest BCUT2D eigenvalue weighted by Crippen LogP contribution is -2.15. The third-order valence-corrected chi connectivity index (χ3v) is 2.21. The molecule has 0 radical (unpaired) electrons. The largest absolute Gasteiger partial charge is 0.495 e. The van der Waals surface area contributed by atoms with Crippen molar-refractivity contribution in [3.63, 3.8) is 0 Å². The van der Waals surface area contributed by atoms with Crippen LogP contribution < -0.4 is 10.5 Å². The van der Waals surface area contributed by atoms with Crippen LogP contribution in [0.1, 0.15) is 28.0 Å². The van der Waals surface area contributed by atoms with Crippen LogP contribution in [-0.2, 0) is 11.3 Å². The van der Waals surface area contributed by atoms with Gasteiger partial charge in [0.25, 0.3) is 6.43 Å². The molecule has 0 spiro atoms. The third kappa shape index (κ3) is 2.50. The Morgan fingerprint density at radius 1 is 1.53 bits per heavy atom. The standard InChI is InChI=1S/C10H12F2N2O3/c1-16-6-4-14-8(10(15)17-2)5(3-13)7(6)9(11)12/h4,9H,3,13H2,1-2H3. The highest BCUT2D eigenvalue weighted by molar-refractivity contribution is 5.89. The number of alkyl halides is 2. The fourth-order valence-corrected chi connectivity index (χ4v) is 1.43. The monoisotopic (exact) mass is 246 g/mol. The average Bonchev–Trinajstić information content (AvgIpc) is 2.35. The molecule has 2 N–H and O–H groups in total. The van der Waals surface area contributed by atoms with Gasteiger partial charge in [-0.15, -0.1) is 0 Å². The van der Waals surface area contributed by atoms with Crippen LogP contribution in [0.2, 0.25) is 0 Å². The van der Waals surface area contributed by atoms with E-state index in [4.69, 9.17) is 10.5 Å². The molecule has 1 aromatic heterocycles. The Morgan fingerprint density at radius 3 is 2.59 bits per heavy atom. The van der Waals surface area contributed by atoms with Gasteiger partial charge in [-0.05, 0) is 0 Å². The lowest BCUT2D eigenvalue weighted by molar-refractivity contribution is 0.0591. The summed E-state index contributed by atoms with van der Waals surface area (Å²) in [5.41, 5.74) is 4.66. The Morgan fingerprint density at radius 2 is 2.18 bits per heavy atom. The number of methoxy groups -OCH3 is 2. The van der Waals surface area contributed by atoms with Gasteiger partial charge in [0, 0.05) is 12.1 Å². The van der Waals surface area contributed by atoms with Crippen molar-refractivity contribution in [1.82, 2.24) is 4.98 Å². The average molecular weight is 246 g/mol. The molecule has 1 aromatic rings. The van der Waals surface area contributed by atoms with Gasteiger partial charge in [-0.3, -0.25) is 0 Å². The van der Waals surface area contributed by atoms with E-state index in [0.29, 0.717) is 0 Å². The maximum atomic E-state index is 12.9. The fraction of sp³-hybridized carbons (Fsp3) is 0.400. The van der Waals surface area contributed by atoms with Crippen LogP contribution >= 0.6 is 0 Å². The molecule has 0 aliphatic carbocycles. The summed E-state index contributed by atoms with van der Waals surface area (Å²) in [4.78, 5) is 15.1. The van der Waals surface area contributed by atoms with E-state index in [1.54, 1.807) is 0 Å².